The van der Waals surface area contributed by atoms with Gasteiger partial charge in [0.2, 0.25) is 12.7 Å². The van der Waals surface area contributed by atoms with Crippen LogP contribution in [0.5, 0.6) is 11.5 Å². The first kappa shape index (κ1) is 16.0. The second-order valence-corrected chi connectivity index (χ2v) is 6.84. The highest BCUT2D eigenvalue weighted by molar-refractivity contribution is 5.77. The van der Waals surface area contributed by atoms with Gasteiger partial charge in [0.25, 0.3) is 0 Å². The van der Waals surface area contributed by atoms with Crippen molar-refractivity contribution in [1.29, 1.82) is 0 Å². The normalized spacial score (nSPS) is 18.6. The summed E-state index contributed by atoms with van der Waals surface area (Å²) in [6, 6.07) is 14.7. The summed E-state index contributed by atoms with van der Waals surface area (Å²) in [6.45, 7) is 3.23. The van der Waals surface area contributed by atoms with Gasteiger partial charge in [0.05, 0.1) is 6.04 Å². The van der Waals surface area contributed by atoms with E-state index in [4.69, 9.17) is 9.47 Å². The second-order valence-electron chi connectivity index (χ2n) is 6.84. The van der Waals surface area contributed by atoms with Crippen LogP contribution in [0.3, 0.4) is 0 Å². The average Bonchev–Trinajstić information content (AvgIpc) is 3.29. The molecule has 0 aliphatic carbocycles. The fourth-order valence-electron chi connectivity index (χ4n) is 3.69. The Morgan fingerprint density at radius 3 is 2.76 bits per heavy atom. The first-order valence-electron chi connectivity index (χ1n) is 8.95. The van der Waals surface area contributed by atoms with Crippen LogP contribution in [0.25, 0.3) is 0 Å². The molecule has 2 aromatic carbocycles. The van der Waals surface area contributed by atoms with Crippen molar-refractivity contribution in [1.82, 2.24) is 4.90 Å². The van der Waals surface area contributed by atoms with Crippen molar-refractivity contribution >= 4 is 5.91 Å². The number of fused-ring (bicyclic) bond motifs is 1. The molecule has 2 heterocycles. The van der Waals surface area contributed by atoms with E-state index in [1.807, 2.05) is 18.2 Å². The maximum Gasteiger partial charge on any atom is 0.231 e. The van der Waals surface area contributed by atoms with E-state index in [1.54, 1.807) is 0 Å². The van der Waals surface area contributed by atoms with E-state index < -0.39 is 0 Å². The molecule has 130 valence electrons. The summed E-state index contributed by atoms with van der Waals surface area (Å²) >= 11 is 0. The number of hydrogen-bond acceptors (Lipinski definition) is 3. The van der Waals surface area contributed by atoms with Gasteiger partial charge in [-0.15, -0.1) is 0 Å². The second kappa shape index (κ2) is 6.79. The number of aryl methyl sites for hydroxylation is 2. The van der Waals surface area contributed by atoms with Gasteiger partial charge in [-0.1, -0.05) is 35.9 Å². The van der Waals surface area contributed by atoms with Crippen molar-refractivity contribution in [2.75, 3.05) is 13.3 Å². The van der Waals surface area contributed by atoms with Gasteiger partial charge in [0.15, 0.2) is 11.5 Å². The van der Waals surface area contributed by atoms with E-state index in [0.29, 0.717) is 6.42 Å². The molecule has 0 saturated carbocycles. The van der Waals surface area contributed by atoms with E-state index in [1.165, 1.54) is 11.1 Å². The molecule has 1 saturated heterocycles. The average molecular weight is 337 g/mol. The number of hydrogen-bond donors (Lipinski definition) is 0. The van der Waals surface area contributed by atoms with Gasteiger partial charge in [-0.3, -0.25) is 4.79 Å². The summed E-state index contributed by atoms with van der Waals surface area (Å²) in [7, 11) is 0. The summed E-state index contributed by atoms with van der Waals surface area (Å²) in [6.07, 6.45) is 3.39. The Bertz CT molecular complexity index is 769. The van der Waals surface area contributed by atoms with Crippen LogP contribution in [0, 0.1) is 6.92 Å². The Balaban J connectivity index is 1.41. The molecular weight excluding hydrogens is 314 g/mol. The first-order chi connectivity index (χ1) is 12.2. The molecule has 0 aromatic heterocycles. The van der Waals surface area contributed by atoms with Crippen molar-refractivity contribution in [3.63, 3.8) is 0 Å². The minimum absolute atomic E-state index is 0.227. The zero-order chi connectivity index (χ0) is 17.2. The molecule has 4 heteroatoms. The number of benzene rings is 2. The molecule has 0 radical (unpaired) electrons. The number of rotatable bonds is 4. The van der Waals surface area contributed by atoms with Crippen LogP contribution in [0.15, 0.2) is 42.5 Å². The maximum absolute atomic E-state index is 12.8. The van der Waals surface area contributed by atoms with Gasteiger partial charge in [-0.2, -0.15) is 0 Å². The summed E-state index contributed by atoms with van der Waals surface area (Å²) < 4.78 is 10.7. The topological polar surface area (TPSA) is 38.8 Å². The molecule has 1 fully saturated rings. The van der Waals surface area contributed by atoms with E-state index >= 15 is 0 Å². The lowest BCUT2D eigenvalue weighted by Gasteiger charge is -2.25. The summed E-state index contributed by atoms with van der Waals surface area (Å²) in [5, 5.41) is 0. The molecule has 1 atom stereocenters. The Morgan fingerprint density at radius 1 is 1.12 bits per heavy atom. The number of ether oxygens (including phenoxy) is 2. The number of nitrogens with zero attached hydrogens (tertiary/aromatic N) is 1. The molecular formula is C21H23NO3. The molecule has 2 aliphatic heterocycles. The lowest BCUT2D eigenvalue weighted by atomic mass is 10.0. The van der Waals surface area contributed by atoms with Gasteiger partial charge in [-0.05, 0) is 49.4 Å². The van der Waals surface area contributed by atoms with E-state index in [-0.39, 0.29) is 18.7 Å². The molecule has 0 bridgehead atoms. The molecule has 0 spiro atoms. The van der Waals surface area contributed by atoms with Crippen LogP contribution >= 0.6 is 0 Å². The molecule has 4 nitrogen and oxygen atoms in total. The van der Waals surface area contributed by atoms with Gasteiger partial charge in [0.1, 0.15) is 0 Å². The van der Waals surface area contributed by atoms with Crippen LogP contribution < -0.4 is 9.47 Å². The van der Waals surface area contributed by atoms with Crippen LogP contribution in [-0.4, -0.2) is 24.1 Å². The number of carbonyl (C=O) groups excluding carboxylic acids is 1. The number of carbonyl (C=O) groups is 1. The predicted octanol–water partition coefficient (Wildman–Crippen LogP) is 4.02. The largest absolute Gasteiger partial charge is 0.454 e. The molecule has 25 heavy (non-hydrogen) atoms. The van der Waals surface area contributed by atoms with Crippen molar-refractivity contribution in [2.45, 2.75) is 38.6 Å². The Morgan fingerprint density at radius 2 is 1.92 bits per heavy atom. The number of amides is 1. The van der Waals surface area contributed by atoms with E-state index in [9.17, 15) is 4.79 Å². The van der Waals surface area contributed by atoms with Gasteiger partial charge >= 0.3 is 0 Å². The molecule has 2 aromatic rings. The fraction of sp³-hybridized carbons (Fsp3) is 0.381. The summed E-state index contributed by atoms with van der Waals surface area (Å²) in [5.41, 5.74) is 3.62. The van der Waals surface area contributed by atoms with Crippen LogP contribution in [0.1, 0.15) is 42.0 Å². The van der Waals surface area contributed by atoms with E-state index in [2.05, 4.69) is 36.1 Å². The van der Waals surface area contributed by atoms with Crippen LogP contribution in [0.2, 0.25) is 0 Å². The van der Waals surface area contributed by atoms with Crippen LogP contribution in [-0.2, 0) is 11.2 Å². The molecule has 1 amide bonds. The zero-order valence-corrected chi connectivity index (χ0v) is 14.5. The van der Waals surface area contributed by atoms with Gasteiger partial charge < -0.3 is 14.4 Å². The zero-order valence-electron chi connectivity index (χ0n) is 14.5. The highest BCUT2D eigenvalue weighted by atomic mass is 16.7. The summed E-state index contributed by atoms with van der Waals surface area (Å²) in [4.78, 5) is 14.8. The smallest absolute Gasteiger partial charge is 0.231 e. The minimum Gasteiger partial charge on any atom is -0.454 e. The quantitative estimate of drug-likeness (QED) is 0.846. The maximum atomic E-state index is 12.8. The Hall–Kier alpha value is -2.49. The number of likely N-dealkylation sites (tertiary alicyclic amines) is 1. The molecule has 4 rings (SSSR count). The Kier molecular flexibility index (Phi) is 4.35. The monoisotopic (exact) mass is 337 g/mol. The van der Waals surface area contributed by atoms with Crippen LogP contribution in [0.4, 0.5) is 0 Å². The molecule has 2 aliphatic rings. The molecule has 0 N–H and O–H groups in total. The first-order valence-corrected chi connectivity index (χ1v) is 8.95. The predicted molar refractivity (Wildman–Crippen MR) is 95.8 cm³/mol. The van der Waals surface area contributed by atoms with Gasteiger partial charge in [0, 0.05) is 13.0 Å². The lowest BCUT2D eigenvalue weighted by Crippen LogP contribution is -2.30. The van der Waals surface area contributed by atoms with Crippen molar-refractivity contribution in [3.05, 3.63) is 59.2 Å². The fourth-order valence-corrected chi connectivity index (χ4v) is 3.69. The van der Waals surface area contributed by atoms with Crippen molar-refractivity contribution in [2.24, 2.45) is 0 Å². The highest BCUT2D eigenvalue weighted by Crippen LogP contribution is 2.34. The Labute approximate surface area is 148 Å². The van der Waals surface area contributed by atoms with Crippen molar-refractivity contribution in [3.8, 4) is 11.5 Å². The highest BCUT2D eigenvalue weighted by Gasteiger charge is 2.29. The van der Waals surface area contributed by atoms with Gasteiger partial charge in [-0.25, -0.2) is 0 Å². The lowest BCUT2D eigenvalue weighted by molar-refractivity contribution is -0.132. The third-order valence-electron chi connectivity index (χ3n) is 5.10. The minimum atomic E-state index is 0.227. The third-order valence-corrected chi connectivity index (χ3v) is 5.10. The van der Waals surface area contributed by atoms with Crippen molar-refractivity contribution < 1.29 is 14.3 Å². The van der Waals surface area contributed by atoms with E-state index in [0.717, 1.165) is 42.9 Å². The SMILES string of the molecule is Cc1ccc([C@H]2CCCN2C(=O)CCc2ccc3c(c2)OCO3)cc1. The third kappa shape index (κ3) is 3.34. The molecule has 0 unspecified atom stereocenters. The standard InChI is InChI=1S/C21H23NO3/c1-15-4-8-17(9-5-15)18-3-2-12-22(18)21(23)11-7-16-6-10-19-20(13-16)25-14-24-19/h4-6,8-10,13,18H,2-3,7,11-12,14H2,1H3/t18-/m1/s1. The summed E-state index contributed by atoms with van der Waals surface area (Å²) in [5.74, 6) is 1.80.